The van der Waals surface area contributed by atoms with Crippen LogP contribution in [0.3, 0.4) is 0 Å². The van der Waals surface area contributed by atoms with Crippen molar-refractivity contribution in [3.63, 3.8) is 0 Å². The van der Waals surface area contributed by atoms with Gasteiger partial charge in [0.25, 0.3) is 5.91 Å². The molecule has 0 unspecified atom stereocenters. The number of aromatic carboxylic acids is 1. The summed E-state index contributed by atoms with van der Waals surface area (Å²) in [6, 6.07) is 7.72. The molecule has 7 nitrogen and oxygen atoms in total. The largest absolute Gasteiger partial charge is 0.478 e. The highest BCUT2D eigenvalue weighted by Crippen LogP contribution is 2.35. The Balaban J connectivity index is 2.19. The van der Waals surface area contributed by atoms with Crippen LogP contribution in [0.2, 0.25) is 10.0 Å². The number of pyridine rings is 1. The Kier molecular flexibility index (Phi) is 7.74. The summed E-state index contributed by atoms with van der Waals surface area (Å²) in [6.07, 6.45) is 2.99. The average molecular weight is 591 g/mol. The van der Waals surface area contributed by atoms with Crippen LogP contribution in [-0.2, 0) is 0 Å². The number of rotatable bonds is 7. The molecule has 11 heteroatoms. The second-order valence-electron chi connectivity index (χ2n) is 6.47. The summed E-state index contributed by atoms with van der Waals surface area (Å²) in [6.45, 7) is 2.26. The maximum absolute atomic E-state index is 13.7. The standard InChI is InChI=1S/C20H16Br2Cl2N4O3/c1-2-3-7-27(17-12(20(30)31)8-11(23)9-13(17)21)19(29)15-10-16(22)26-28(15)18-14(24)5-4-6-25-18/h4-6,8-10H,2-3,7H2,1H3,(H,30,31). The zero-order valence-electron chi connectivity index (χ0n) is 16.1. The molecule has 2 heterocycles. The van der Waals surface area contributed by atoms with Gasteiger partial charge in [-0.1, -0.05) is 36.5 Å². The summed E-state index contributed by atoms with van der Waals surface area (Å²) in [7, 11) is 0. The van der Waals surface area contributed by atoms with Crippen LogP contribution < -0.4 is 4.90 Å². The normalized spacial score (nSPS) is 10.9. The molecule has 0 aliphatic carbocycles. The quantitative estimate of drug-likeness (QED) is 0.352. The van der Waals surface area contributed by atoms with Crippen molar-refractivity contribution in [2.75, 3.05) is 11.4 Å². The van der Waals surface area contributed by atoms with E-state index in [0.717, 1.165) is 6.42 Å². The molecule has 1 amide bonds. The number of hydrogen-bond acceptors (Lipinski definition) is 4. The first-order valence-corrected chi connectivity index (χ1v) is 11.5. The number of carbonyl (C=O) groups is 2. The van der Waals surface area contributed by atoms with Crippen molar-refractivity contribution in [1.82, 2.24) is 14.8 Å². The van der Waals surface area contributed by atoms with E-state index in [1.165, 1.54) is 27.9 Å². The number of hydrogen-bond donors (Lipinski definition) is 1. The number of carboxylic acids is 1. The summed E-state index contributed by atoms with van der Waals surface area (Å²) in [5.41, 5.74) is 0.290. The van der Waals surface area contributed by atoms with Crippen LogP contribution in [0.5, 0.6) is 0 Å². The second kappa shape index (κ2) is 10.1. The van der Waals surface area contributed by atoms with Gasteiger partial charge in [-0.25, -0.2) is 14.5 Å². The van der Waals surface area contributed by atoms with Crippen LogP contribution in [0, 0.1) is 0 Å². The Morgan fingerprint density at radius 3 is 2.61 bits per heavy atom. The number of carbonyl (C=O) groups excluding carboxylic acids is 1. The van der Waals surface area contributed by atoms with E-state index < -0.39 is 11.9 Å². The molecule has 0 spiro atoms. The molecule has 0 saturated heterocycles. The molecular weight excluding hydrogens is 575 g/mol. The minimum Gasteiger partial charge on any atom is -0.478 e. The SMILES string of the molecule is CCCCN(C(=O)c1cc(Br)nn1-c1ncccc1Cl)c1c(Br)cc(Cl)cc1C(=O)O. The van der Waals surface area contributed by atoms with E-state index in [9.17, 15) is 14.7 Å². The van der Waals surface area contributed by atoms with Crippen LogP contribution in [0.25, 0.3) is 5.82 Å². The summed E-state index contributed by atoms with van der Waals surface area (Å²) in [5.74, 6) is -1.38. The van der Waals surface area contributed by atoms with Crippen LogP contribution in [0.15, 0.2) is 45.6 Å². The van der Waals surface area contributed by atoms with Crippen molar-refractivity contribution in [2.24, 2.45) is 0 Å². The van der Waals surface area contributed by atoms with Crippen molar-refractivity contribution in [3.05, 3.63) is 66.9 Å². The Labute approximate surface area is 205 Å². The monoisotopic (exact) mass is 588 g/mol. The van der Waals surface area contributed by atoms with Crippen LogP contribution >= 0.6 is 55.1 Å². The fourth-order valence-electron chi connectivity index (χ4n) is 2.97. The molecule has 3 aromatic rings. The lowest BCUT2D eigenvalue weighted by molar-refractivity contribution is 0.0697. The molecule has 0 radical (unpaired) electrons. The number of aromatic nitrogens is 3. The summed E-state index contributed by atoms with van der Waals surface area (Å²) in [4.78, 5) is 31.3. The molecule has 1 N–H and O–H groups in total. The molecule has 31 heavy (non-hydrogen) atoms. The van der Waals surface area contributed by atoms with Crippen molar-refractivity contribution < 1.29 is 14.7 Å². The number of carboxylic acid groups (broad SMARTS) is 1. The van der Waals surface area contributed by atoms with E-state index >= 15 is 0 Å². The van der Waals surface area contributed by atoms with Gasteiger partial charge in [-0.3, -0.25) is 4.79 Å². The first kappa shape index (κ1) is 23.7. The number of amides is 1. The lowest BCUT2D eigenvalue weighted by Crippen LogP contribution is -2.35. The molecule has 2 aromatic heterocycles. The van der Waals surface area contributed by atoms with Crippen LogP contribution in [-0.4, -0.2) is 38.3 Å². The minimum absolute atomic E-state index is 0.0928. The highest BCUT2D eigenvalue weighted by Gasteiger charge is 2.29. The number of unbranched alkanes of at least 4 members (excludes halogenated alkanes) is 1. The highest BCUT2D eigenvalue weighted by atomic mass is 79.9. The van der Waals surface area contributed by atoms with E-state index in [-0.39, 0.29) is 34.3 Å². The van der Waals surface area contributed by atoms with Crippen molar-refractivity contribution >= 4 is 72.6 Å². The van der Waals surface area contributed by atoms with Gasteiger partial charge < -0.3 is 10.0 Å². The molecule has 0 fully saturated rings. The summed E-state index contributed by atoms with van der Waals surface area (Å²) >= 11 is 19.0. The van der Waals surface area contributed by atoms with Gasteiger partial charge in [-0.05, 0) is 62.5 Å². The predicted octanol–water partition coefficient (Wildman–Crippen LogP) is 6.24. The number of halogens is 4. The van der Waals surface area contributed by atoms with Gasteiger partial charge in [0, 0.05) is 28.3 Å². The first-order chi connectivity index (χ1) is 14.7. The molecular formula is C20H16Br2Cl2N4O3. The fourth-order valence-corrected chi connectivity index (χ4v) is 4.57. The third-order valence-corrected chi connectivity index (χ3v) is 5.85. The van der Waals surface area contributed by atoms with Crippen LogP contribution in [0.4, 0.5) is 5.69 Å². The molecule has 0 aliphatic rings. The molecule has 1 aromatic carbocycles. The summed E-state index contributed by atoms with van der Waals surface area (Å²) in [5, 5.41) is 14.6. The van der Waals surface area contributed by atoms with E-state index in [0.29, 0.717) is 20.5 Å². The zero-order valence-corrected chi connectivity index (χ0v) is 20.8. The molecule has 3 rings (SSSR count). The van der Waals surface area contributed by atoms with E-state index in [1.807, 2.05) is 6.92 Å². The molecule has 0 bridgehead atoms. The topological polar surface area (TPSA) is 88.3 Å². The molecule has 162 valence electrons. The third-order valence-electron chi connectivity index (χ3n) is 4.35. The van der Waals surface area contributed by atoms with Crippen LogP contribution in [0.1, 0.15) is 40.6 Å². The maximum Gasteiger partial charge on any atom is 0.337 e. The molecule has 0 atom stereocenters. The third kappa shape index (κ3) is 5.11. The van der Waals surface area contributed by atoms with Gasteiger partial charge in [0.05, 0.1) is 16.3 Å². The zero-order chi connectivity index (χ0) is 22.7. The number of anilines is 1. The van der Waals surface area contributed by atoms with Gasteiger partial charge in [0.1, 0.15) is 10.3 Å². The highest BCUT2D eigenvalue weighted by molar-refractivity contribution is 9.10. The van der Waals surface area contributed by atoms with Gasteiger partial charge in [-0.2, -0.15) is 5.10 Å². The van der Waals surface area contributed by atoms with Gasteiger partial charge in [0.15, 0.2) is 5.82 Å². The van der Waals surface area contributed by atoms with Crippen molar-refractivity contribution in [1.29, 1.82) is 0 Å². The Morgan fingerprint density at radius 2 is 1.97 bits per heavy atom. The van der Waals surface area contributed by atoms with Crippen molar-refractivity contribution in [3.8, 4) is 5.82 Å². The van der Waals surface area contributed by atoms with E-state index in [4.69, 9.17) is 23.2 Å². The summed E-state index contributed by atoms with van der Waals surface area (Å²) < 4.78 is 2.13. The van der Waals surface area contributed by atoms with Gasteiger partial charge in [-0.15, -0.1) is 0 Å². The lowest BCUT2D eigenvalue weighted by Gasteiger charge is -2.26. The fraction of sp³-hybridized carbons (Fsp3) is 0.200. The lowest BCUT2D eigenvalue weighted by atomic mass is 10.1. The minimum atomic E-state index is -1.20. The van der Waals surface area contributed by atoms with Crippen molar-refractivity contribution in [2.45, 2.75) is 19.8 Å². The maximum atomic E-state index is 13.7. The molecule has 0 aliphatic heterocycles. The predicted molar refractivity (Wildman–Crippen MR) is 127 cm³/mol. The van der Waals surface area contributed by atoms with E-state index in [1.54, 1.807) is 18.2 Å². The first-order valence-electron chi connectivity index (χ1n) is 9.15. The Morgan fingerprint density at radius 1 is 1.23 bits per heavy atom. The van der Waals surface area contributed by atoms with Gasteiger partial charge >= 0.3 is 5.97 Å². The molecule has 0 saturated carbocycles. The Bertz CT molecular complexity index is 1150. The number of benzene rings is 1. The average Bonchev–Trinajstić information content (AvgIpc) is 3.10. The van der Waals surface area contributed by atoms with Gasteiger partial charge in [0.2, 0.25) is 0 Å². The number of nitrogens with zero attached hydrogens (tertiary/aromatic N) is 4. The van der Waals surface area contributed by atoms with E-state index in [2.05, 4.69) is 41.9 Å². The smallest absolute Gasteiger partial charge is 0.337 e. The Hall–Kier alpha value is -1.94. The second-order valence-corrected chi connectivity index (χ2v) is 8.98.